The number of hydrogen-bond acceptors (Lipinski definition) is 6. The third-order valence-electron chi connectivity index (χ3n) is 3.03. The number of hydrogen-bond donors (Lipinski definition) is 2. The van der Waals surface area contributed by atoms with E-state index in [2.05, 4.69) is 32.5 Å². The molecule has 0 aliphatic heterocycles. The van der Waals surface area contributed by atoms with E-state index >= 15 is 0 Å². The fraction of sp³-hybridized carbons (Fsp3) is 0.750. The smallest absolute Gasteiger partial charge is 0.322 e. The van der Waals surface area contributed by atoms with E-state index in [1.54, 1.807) is 7.11 Å². The lowest BCUT2D eigenvalue weighted by atomic mass is 10.2. The Balaban J connectivity index is 2.01. The molecule has 2 atom stereocenters. The third-order valence-corrected chi connectivity index (χ3v) is 3.03. The summed E-state index contributed by atoms with van der Waals surface area (Å²) in [6.45, 7) is 4.99. The molecule has 6 heteroatoms. The Bertz CT molecular complexity index is 398. The first-order valence-electron chi connectivity index (χ1n) is 6.57. The number of nitrogens with one attached hydrogen (secondary N) is 2. The molecule has 0 aromatic carbocycles. The van der Waals surface area contributed by atoms with E-state index < -0.39 is 0 Å². The molecule has 1 aromatic rings. The van der Waals surface area contributed by atoms with Crippen molar-refractivity contribution in [2.75, 3.05) is 24.3 Å². The lowest BCUT2D eigenvalue weighted by Crippen LogP contribution is -2.12. The summed E-state index contributed by atoms with van der Waals surface area (Å²) >= 11 is 0. The van der Waals surface area contributed by atoms with Crippen LogP contribution in [0.5, 0.6) is 6.01 Å². The van der Waals surface area contributed by atoms with Gasteiger partial charge in [-0.15, -0.1) is 0 Å². The predicted octanol–water partition coefficient (Wildman–Crippen LogP) is 1.91. The van der Waals surface area contributed by atoms with Crippen molar-refractivity contribution < 1.29 is 4.74 Å². The van der Waals surface area contributed by atoms with Gasteiger partial charge in [-0.1, -0.05) is 13.3 Å². The van der Waals surface area contributed by atoms with Crippen molar-refractivity contribution in [3.8, 4) is 6.01 Å². The molecule has 100 valence electrons. The Hall–Kier alpha value is -1.59. The summed E-state index contributed by atoms with van der Waals surface area (Å²) in [5.74, 6) is 1.92. The second-order valence-electron chi connectivity index (χ2n) is 4.53. The quantitative estimate of drug-likeness (QED) is 0.771. The summed E-state index contributed by atoms with van der Waals surface area (Å²) in [7, 11) is 1.56. The predicted molar refractivity (Wildman–Crippen MR) is 71.0 cm³/mol. The van der Waals surface area contributed by atoms with Crippen molar-refractivity contribution in [2.45, 2.75) is 39.2 Å². The molecule has 0 spiro atoms. The molecule has 1 aliphatic carbocycles. The number of ether oxygens (including phenoxy) is 1. The van der Waals surface area contributed by atoms with Gasteiger partial charge in [0.25, 0.3) is 0 Å². The highest BCUT2D eigenvalue weighted by atomic mass is 16.5. The zero-order chi connectivity index (χ0) is 13.0. The fourth-order valence-corrected chi connectivity index (χ4v) is 2.03. The lowest BCUT2D eigenvalue weighted by Gasteiger charge is -2.08. The van der Waals surface area contributed by atoms with Crippen LogP contribution in [0.15, 0.2) is 0 Å². The fourth-order valence-electron chi connectivity index (χ4n) is 2.03. The zero-order valence-electron chi connectivity index (χ0n) is 11.2. The van der Waals surface area contributed by atoms with Gasteiger partial charge < -0.3 is 15.4 Å². The van der Waals surface area contributed by atoms with Gasteiger partial charge in [0.1, 0.15) is 0 Å². The van der Waals surface area contributed by atoms with E-state index in [1.165, 1.54) is 19.3 Å². The van der Waals surface area contributed by atoms with Crippen LogP contribution >= 0.6 is 0 Å². The van der Waals surface area contributed by atoms with Crippen molar-refractivity contribution in [3.05, 3.63) is 0 Å². The van der Waals surface area contributed by atoms with Crippen molar-refractivity contribution in [1.29, 1.82) is 0 Å². The molecule has 2 rings (SSSR count). The largest absolute Gasteiger partial charge is 0.467 e. The van der Waals surface area contributed by atoms with Crippen molar-refractivity contribution in [3.63, 3.8) is 0 Å². The van der Waals surface area contributed by atoms with Crippen LogP contribution in [0, 0.1) is 5.92 Å². The molecular weight excluding hydrogens is 230 g/mol. The van der Waals surface area contributed by atoms with Crippen LogP contribution in [0.4, 0.5) is 11.9 Å². The van der Waals surface area contributed by atoms with Crippen LogP contribution in [0.25, 0.3) is 0 Å². The maximum atomic E-state index is 5.08. The number of nitrogens with zero attached hydrogens (tertiary/aromatic N) is 3. The van der Waals surface area contributed by atoms with Gasteiger partial charge in [0, 0.05) is 12.6 Å². The minimum atomic E-state index is 0.344. The Kier molecular flexibility index (Phi) is 4.17. The number of methoxy groups -OCH3 is 1. The van der Waals surface area contributed by atoms with Gasteiger partial charge >= 0.3 is 6.01 Å². The maximum Gasteiger partial charge on any atom is 0.322 e. The van der Waals surface area contributed by atoms with Crippen LogP contribution in [0.1, 0.15) is 33.1 Å². The Morgan fingerprint density at radius 1 is 1.22 bits per heavy atom. The van der Waals surface area contributed by atoms with Gasteiger partial charge in [-0.05, 0) is 25.7 Å². The van der Waals surface area contributed by atoms with E-state index in [0.717, 1.165) is 12.5 Å². The highest BCUT2D eigenvalue weighted by Crippen LogP contribution is 2.36. The van der Waals surface area contributed by atoms with Crippen molar-refractivity contribution >= 4 is 11.9 Å². The van der Waals surface area contributed by atoms with E-state index in [-0.39, 0.29) is 0 Å². The molecule has 18 heavy (non-hydrogen) atoms. The molecule has 6 nitrogen and oxygen atoms in total. The number of rotatable bonds is 7. The third kappa shape index (κ3) is 3.21. The molecule has 1 aromatic heterocycles. The number of anilines is 2. The summed E-state index contributed by atoms with van der Waals surface area (Å²) in [6, 6.07) is 0.850. The Morgan fingerprint density at radius 3 is 2.67 bits per heavy atom. The van der Waals surface area contributed by atoms with Crippen LogP contribution < -0.4 is 15.4 Å². The maximum absolute atomic E-state index is 5.08. The van der Waals surface area contributed by atoms with Crippen LogP contribution in [0.3, 0.4) is 0 Å². The number of aromatic nitrogens is 3. The van der Waals surface area contributed by atoms with Gasteiger partial charge in [0.05, 0.1) is 7.11 Å². The molecular formula is C12H21N5O. The molecule has 2 N–H and O–H groups in total. The van der Waals surface area contributed by atoms with Gasteiger partial charge in [0.2, 0.25) is 11.9 Å². The second kappa shape index (κ2) is 5.84. The summed E-state index contributed by atoms with van der Waals surface area (Å²) in [4.78, 5) is 12.7. The summed E-state index contributed by atoms with van der Waals surface area (Å²) in [6.07, 6.45) is 3.70. The molecule has 0 bridgehead atoms. The van der Waals surface area contributed by atoms with E-state index in [0.29, 0.717) is 23.9 Å². The summed E-state index contributed by atoms with van der Waals surface area (Å²) in [5, 5.41) is 6.41. The summed E-state index contributed by atoms with van der Waals surface area (Å²) in [5.41, 5.74) is 0. The standard InChI is InChI=1S/C12H21N5O/c1-4-6-8-7-9(8)14-11-15-10(13-5-2)16-12(17-11)18-3/h8-9H,4-7H2,1-3H3,(H2,13,14,15,16,17). The molecule has 1 heterocycles. The molecule has 1 fully saturated rings. The van der Waals surface area contributed by atoms with E-state index in [9.17, 15) is 0 Å². The van der Waals surface area contributed by atoms with Gasteiger partial charge in [-0.3, -0.25) is 0 Å². The highest BCUT2D eigenvalue weighted by molar-refractivity contribution is 5.37. The first-order valence-corrected chi connectivity index (χ1v) is 6.57. The first-order chi connectivity index (χ1) is 8.76. The van der Waals surface area contributed by atoms with Crippen LogP contribution in [-0.2, 0) is 0 Å². The average Bonchev–Trinajstić information content (AvgIpc) is 3.08. The molecule has 1 aliphatic rings. The molecule has 1 saturated carbocycles. The zero-order valence-corrected chi connectivity index (χ0v) is 11.2. The van der Waals surface area contributed by atoms with Crippen LogP contribution in [-0.4, -0.2) is 34.6 Å². The SMILES string of the molecule is CCCC1CC1Nc1nc(NCC)nc(OC)n1. The Labute approximate surface area is 108 Å². The van der Waals surface area contributed by atoms with Gasteiger partial charge in [-0.2, -0.15) is 15.0 Å². The molecule has 0 saturated heterocycles. The van der Waals surface area contributed by atoms with Gasteiger partial charge in [0.15, 0.2) is 0 Å². The van der Waals surface area contributed by atoms with Crippen molar-refractivity contribution in [2.24, 2.45) is 5.92 Å². The minimum absolute atomic E-state index is 0.344. The van der Waals surface area contributed by atoms with Gasteiger partial charge in [-0.25, -0.2) is 0 Å². The average molecular weight is 251 g/mol. The normalized spacial score (nSPS) is 21.5. The first kappa shape index (κ1) is 12.9. The van der Waals surface area contributed by atoms with E-state index in [1.807, 2.05) is 6.92 Å². The molecule has 0 amide bonds. The van der Waals surface area contributed by atoms with Crippen LogP contribution in [0.2, 0.25) is 0 Å². The topological polar surface area (TPSA) is 72.0 Å². The minimum Gasteiger partial charge on any atom is -0.467 e. The monoisotopic (exact) mass is 251 g/mol. The van der Waals surface area contributed by atoms with Crippen molar-refractivity contribution in [1.82, 2.24) is 15.0 Å². The molecule has 0 radical (unpaired) electrons. The lowest BCUT2D eigenvalue weighted by molar-refractivity contribution is 0.379. The second-order valence-corrected chi connectivity index (χ2v) is 4.53. The highest BCUT2D eigenvalue weighted by Gasteiger charge is 2.36. The Morgan fingerprint density at radius 2 is 2.00 bits per heavy atom. The molecule has 2 unspecified atom stereocenters. The van der Waals surface area contributed by atoms with E-state index in [4.69, 9.17) is 4.74 Å². The summed E-state index contributed by atoms with van der Waals surface area (Å²) < 4.78 is 5.08.